The number of carbonyl (C=O) groups is 2. The molecule has 0 spiro atoms. The molecule has 0 unspecified atom stereocenters. The van der Waals surface area contributed by atoms with Gasteiger partial charge in [0.2, 0.25) is 5.43 Å². The van der Waals surface area contributed by atoms with Crippen LogP contribution in [0.5, 0.6) is 5.75 Å². The summed E-state index contributed by atoms with van der Waals surface area (Å²) < 4.78 is 21.0. The van der Waals surface area contributed by atoms with E-state index in [1.54, 1.807) is 19.1 Å². The van der Waals surface area contributed by atoms with Crippen molar-refractivity contribution >= 4 is 11.8 Å². The van der Waals surface area contributed by atoms with Gasteiger partial charge in [-0.1, -0.05) is 12.1 Å². The number of rotatable bonds is 3. The molecule has 3 heterocycles. The fourth-order valence-electron chi connectivity index (χ4n) is 3.89. The number of nitrogens with one attached hydrogen (secondary N) is 1. The highest BCUT2D eigenvalue weighted by atomic mass is 19.1. The maximum Gasteiger partial charge on any atom is 0.276 e. The molecule has 2 amide bonds. The van der Waals surface area contributed by atoms with Gasteiger partial charge in [-0.2, -0.15) is 0 Å². The van der Waals surface area contributed by atoms with E-state index < -0.39 is 35.0 Å². The minimum atomic E-state index is -0.944. The number of benzene rings is 1. The monoisotopic (exact) mass is 415 g/mol. The average Bonchev–Trinajstić information content (AvgIpc) is 2.69. The molecule has 1 saturated heterocycles. The van der Waals surface area contributed by atoms with Crippen LogP contribution in [-0.4, -0.2) is 45.3 Å². The van der Waals surface area contributed by atoms with Crippen LogP contribution in [0.1, 0.15) is 45.3 Å². The van der Waals surface area contributed by atoms with Gasteiger partial charge < -0.3 is 24.6 Å². The van der Waals surface area contributed by atoms with Crippen molar-refractivity contribution in [3.8, 4) is 5.75 Å². The predicted octanol–water partition coefficient (Wildman–Crippen LogP) is 1.52. The van der Waals surface area contributed by atoms with E-state index in [0.29, 0.717) is 13.0 Å². The number of aromatic nitrogens is 1. The molecule has 2 atom stereocenters. The SMILES string of the molecule is Cc1ccc(CNC(=O)c2cn3c(c(O)c2=O)C(=O)N2[C@H](C)CCO[C@H]2C3)c(F)c1. The van der Waals surface area contributed by atoms with Crippen LogP contribution in [-0.2, 0) is 17.8 Å². The van der Waals surface area contributed by atoms with Crippen molar-refractivity contribution in [3.63, 3.8) is 0 Å². The van der Waals surface area contributed by atoms with Crippen molar-refractivity contribution in [1.82, 2.24) is 14.8 Å². The Bertz CT molecular complexity index is 1100. The van der Waals surface area contributed by atoms with Crippen LogP contribution in [0.4, 0.5) is 4.39 Å². The smallest absolute Gasteiger partial charge is 0.276 e. The highest BCUT2D eigenvalue weighted by Gasteiger charge is 2.41. The molecule has 4 rings (SSSR count). The zero-order valence-corrected chi connectivity index (χ0v) is 16.6. The predicted molar refractivity (Wildman–Crippen MR) is 105 cm³/mol. The van der Waals surface area contributed by atoms with E-state index in [9.17, 15) is 23.9 Å². The van der Waals surface area contributed by atoms with Crippen molar-refractivity contribution < 1.29 is 23.8 Å². The average molecular weight is 415 g/mol. The van der Waals surface area contributed by atoms with E-state index in [0.717, 1.165) is 5.56 Å². The fourth-order valence-corrected chi connectivity index (χ4v) is 3.89. The Morgan fingerprint density at radius 2 is 2.13 bits per heavy atom. The van der Waals surface area contributed by atoms with Gasteiger partial charge in [0.05, 0.1) is 13.2 Å². The number of ether oxygens (including phenoxy) is 1. The zero-order valence-electron chi connectivity index (χ0n) is 16.6. The van der Waals surface area contributed by atoms with Crippen molar-refractivity contribution in [2.45, 2.75) is 45.6 Å². The van der Waals surface area contributed by atoms with Crippen LogP contribution < -0.4 is 10.7 Å². The lowest BCUT2D eigenvalue weighted by Crippen LogP contribution is -2.57. The summed E-state index contributed by atoms with van der Waals surface area (Å²) in [5, 5.41) is 12.9. The lowest BCUT2D eigenvalue weighted by molar-refractivity contribution is -0.112. The van der Waals surface area contributed by atoms with Gasteiger partial charge in [-0.25, -0.2) is 4.39 Å². The summed E-state index contributed by atoms with van der Waals surface area (Å²) in [6.45, 7) is 4.19. The van der Waals surface area contributed by atoms with Crippen molar-refractivity contribution in [1.29, 1.82) is 0 Å². The third kappa shape index (κ3) is 3.35. The highest BCUT2D eigenvalue weighted by molar-refractivity contribution is 5.99. The summed E-state index contributed by atoms with van der Waals surface area (Å²) in [5.74, 6) is -2.51. The van der Waals surface area contributed by atoms with Gasteiger partial charge in [0.1, 0.15) is 11.4 Å². The largest absolute Gasteiger partial charge is 0.503 e. The lowest BCUT2D eigenvalue weighted by atomic mass is 10.1. The summed E-state index contributed by atoms with van der Waals surface area (Å²) in [6, 6.07) is 4.53. The van der Waals surface area contributed by atoms with E-state index in [1.165, 1.54) is 21.7 Å². The molecule has 1 fully saturated rings. The molecule has 9 heteroatoms. The van der Waals surface area contributed by atoms with Crippen LogP contribution in [0, 0.1) is 12.7 Å². The molecule has 2 N–H and O–H groups in total. The molecule has 1 aromatic heterocycles. The molecule has 2 aliphatic heterocycles. The normalized spacial score (nSPS) is 20.5. The summed E-state index contributed by atoms with van der Waals surface area (Å²) in [4.78, 5) is 39.6. The Hall–Kier alpha value is -3.20. The van der Waals surface area contributed by atoms with Gasteiger partial charge in [-0.05, 0) is 31.9 Å². The summed E-state index contributed by atoms with van der Waals surface area (Å²) in [6.07, 6.45) is 1.37. The molecule has 2 aliphatic rings. The third-order valence-electron chi connectivity index (χ3n) is 5.57. The number of halogens is 1. The molecule has 0 radical (unpaired) electrons. The number of aromatic hydroxyl groups is 1. The first kappa shape index (κ1) is 20.1. The highest BCUT2D eigenvalue weighted by Crippen LogP contribution is 2.29. The van der Waals surface area contributed by atoms with Crippen LogP contribution in [0.25, 0.3) is 0 Å². The first-order chi connectivity index (χ1) is 14.3. The van der Waals surface area contributed by atoms with Crippen molar-refractivity contribution in [2.24, 2.45) is 0 Å². The molecule has 2 aromatic rings. The van der Waals surface area contributed by atoms with Gasteiger partial charge in [0.15, 0.2) is 17.7 Å². The third-order valence-corrected chi connectivity index (χ3v) is 5.57. The van der Waals surface area contributed by atoms with Crippen molar-refractivity contribution in [3.05, 3.63) is 62.8 Å². The minimum absolute atomic E-state index is 0.0908. The number of aryl methyl sites for hydroxylation is 1. The Morgan fingerprint density at radius 3 is 2.87 bits per heavy atom. The number of amides is 2. The topological polar surface area (TPSA) is 101 Å². The number of hydrogen-bond acceptors (Lipinski definition) is 5. The molecule has 30 heavy (non-hydrogen) atoms. The first-order valence-corrected chi connectivity index (χ1v) is 9.72. The molecule has 0 saturated carbocycles. The number of pyridine rings is 1. The second kappa shape index (κ2) is 7.56. The standard InChI is InChI=1S/C21H22FN3O5/c1-11-3-4-13(15(22)7-11)8-23-20(28)14-9-24-10-16-25(12(2)5-6-30-16)21(29)17(24)19(27)18(14)26/h3-4,7,9,12,16,27H,5-6,8,10H2,1-2H3,(H,23,28)/t12-,16+/m1/s1. The Labute approximate surface area is 171 Å². The second-order valence-corrected chi connectivity index (χ2v) is 7.67. The van der Waals surface area contributed by atoms with Gasteiger partial charge in [-0.3, -0.25) is 14.4 Å². The van der Waals surface area contributed by atoms with Crippen LogP contribution in [0.3, 0.4) is 0 Å². The van der Waals surface area contributed by atoms with E-state index in [4.69, 9.17) is 4.74 Å². The van der Waals surface area contributed by atoms with E-state index >= 15 is 0 Å². The number of nitrogens with zero attached hydrogens (tertiary/aromatic N) is 2. The second-order valence-electron chi connectivity index (χ2n) is 7.67. The van der Waals surface area contributed by atoms with Gasteiger partial charge in [0.25, 0.3) is 11.8 Å². The van der Waals surface area contributed by atoms with Crippen LogP contribution in [0.2, 0.25) is 0 Å². The minimum Gasteiger partial charge on any atom is -0.503 e. The first-order valence-electron chi connectivity index (χ1n) is 9.72. The van der Waals surface area contributed by atoms with E-state index in [-0.39, 0.29) is 36.0 Å². The molecule has 8 nitrogen and oxygen atoms in total. The summed E-state index contributed by atoms with van der Waals surface area (Å²) >= 11 is 0. The molecular weight excluding hydrogens is 393 g/mol. The molecular formula is C21H22FN3O5. The van der Waals surface area contributed by atoms with Crippen LogP contribution in [0.15, 0.2) is 29.2 Å². The lowest BCUT2D eigenvalue weighted by Gasteiger charge is -2.44. The quantitative estimate of drug-likeness (QED) is 0.792. The summed E-state index contributed by atoms with van der Waals surface area (Å²) in [7, 11) is 0. The molecule has 0 aliphatic carbocycles. The zero-order chi connectivity index (χ0) is 21.6. The number of carbonyl (C=O) groups excluding carboxylic acids is 2. The van der Waals surface area contributed by atoms with Gasteiger partial charge in [0, 0.05) is 24.3 Å². The Balaban J connectivity index is 1.63. The Kier molecular flexibility index (Phi) is 5.07. The summed E-state index contributed by atoms with van der Waals surface area (Å²) in [5.41, 5.74) is -0.408. The van der Waals surface area contributed by atoms with Crippen LogP contribution >= 0.6 is 0 Å². The fraction of sp³-hybridized carbons (Fsp3) is 0.381. The number of hydrogen-bond donors (Lipinski definition) is 2. The van der Waals surface area contributed by atoms with E-state index in [2.05, 4.69) is 5.32 Å². The Morgan fingerprint density at radius 1 is 1.37 bits per heavy atom. The molecule has 158 valence electrons. The molecule has 0 bridgehead atoms. The number of fused-ring (bicyclic) bond motifs is 2. The van der Waals surface area contributed by atoms with Gasteiger partial charge >= 0.3 is 0 Å². The maximum absolute atomic E-state index is 14.0. The van der Waals surface area contributed by atoms with Gasteiger partial charge in [-0.15, -0.1) is 0 Å². The van der Waals surface area contributed by atoms with Crippen molar-refractivity contribution in [2.75, 3.05) is 6.61 Å². The maximum atomic E-state index is 14.0. The van der Waals surface area contributed by atoms with E-state index in [1.807, 2.05) is 6.92 Å². The molecule has 1 aromatic carbocycles.